The quantitative estimate of drug-likeness (QED) is 0.833. The average Bonchev–Trinajstić information content (AvgIpc) is 2.93. The molecule has 0 spiro atoms. The molecule has 0 radical (unpaired) electrons. The van der Waals surface area contributed by atoms with E-state index in [0.29, 0.717) is 24.1 Å². The third-order valence-corrected chi connectivity index (χ3v) is 4.71. The molecule has 1 aliphatic rings. The Balaban J connectivity index is 1.88. The van der Waals surface area contributed by atoms with Crippen LogP contribution in [0.3, 0.4) is 0 Å². The number of rotatable bonds is 5. The minimum Gasteiger partial charge on any atom is -0.508 e. The van der Waals surface area contributed by atoms with Crippen molar-refractivity contribution in [2.24, 2.45) is 0 Å². The van der Waals surface area contributed by atoms with Crippen LogP contribution in [0.2, 0.25) is 0 Å². The molecular weight excluding hydrogens is 356 g/mol. The highest BCUT2D eigenvalue weighted by molar-refractivity contribution is 6.05. The van der Waals surface area contributed by atoms with Crippen LogP contribution in [0.5, 0.6) is 11.5 Å². The number of benzene rings is 2. The minimum absolute atomic E-state index is 0.0353. The number of hydrogen-bond donors (Lipinski definition) is 2. The number of nitrogens with zero attached hydrogens (tertiary/aromatic N) is 1. The van der Waals surface area contributed by atoms with Crippen molar-refractivity contribution in [3.63, 3.8) is 0 Å². The number of aromatic hydroxyl groups is 1. The van der Waals surface area contributed by atoms with E-state index in [1.807, 2.05) is 45.0 Å². The summed E-state index contributed by atoms with van der Waals surface area (Å²) in [4.78, 5) is 27.5. The monoisotopic (exact) mass is 382 g/mol. The first-order valence-corrected chi connectivity index (χ1v) is 9.29. The van der Waals surface area contributed by atoms with Crippen LogP contribution in [0.15, 0.2) is 42.5 Å². The number of amides is 2. The maximum absolute atomic E-state index is 13.0. The molecule has 3 rings (SSSR count). The number of ether oxygens (including phenoxy) is 1. The third-order valence-electron chi connectivity index (χ3n) is 4.71. The molecule has 6 heteroatoms. The summed E-state index contributed by atoms with van der Waals surface area (Å²) in [6.07, 6.45) is 0.587. The Morgan fingerprint density at radius 3 is 2.46 bits per heavy atom. The Labute approximate surface area is 165 Å². The van der Waals surface area contributed by atoms with Crippen molar-refractivity contribution >= 4 is 11.8 Å². The Kier molecular flexibility index (Phi) is 5.31. The average molecular weight is 382 g/mol. The maximum atomic E-state index is 13.0. The molecule has 1 aliphatic heterocycles. The summed E-state index contributed by atoms with van der Waals surface area (Å²) in [6.45, 7) is 6.01. The minimum atomic E-state index is -0.846. The van der Waals surface area contributed by atoms with Gasteiger partial charge in [-0.2, -0.15) is 0 Å². The van der Waals surface area contributed by atoms with Gasteiger partial charge in [-0.05, 0) is 57.0 Å². The van der Waals surface area contributed by atoms with Crippen LogP contribution in [0.25, 0.3) is 0 Å². The second-order valence-corrected chi connectivity index (χ2v) is 7.98. The molecule has 6 nitrogen and oxygen atoms in total. The second-order valence-electron chi connectivity index (χ2n) is 7.98. The molecule has 0 fully saturated rings. The fourth-order valence-corrected chi connectivity index (χ4v) is 3.44. The molecule has 28 heavy (non-hydrogen) atoms. The van der Waals surface area contributed by atoms with Gasteiger partial charge >= 0.3 is 0 Å². The standard InChI is InChI=1S/C22H26N2O4/c1-22(2,3)23-20(26)19-18-16(6-5-7-17(18)25)21(27)24(19)13-12-14-8-10-15(28-4)11-9-14/h5-11,19,25H,12-13H2,1-4H3,(H,23,26). The number of hydrogen-bond acceptors (Lipinski definition) is 4. The van der Waals surface area contributed by atoms with Gasteiger partial charge in [0.2, 0.25) is 5.91 Å². The molecule has 148 valence electrons. The molecule has 2 aromatic carbocycles. The van der Waals surface area contributed by atoms with E-state index in [1.54, 1.807) is 19.2 Å². The van der Waals surface area contributed by atoms with Gasteiger partial charge in [-0.1, -0.05) is 18.2 Å². The lowest BCUT2D eigenvalue weighted by Crippen LogP contribution is -2.47. The van der Waals surface area contributed by atoms with E-state index in [1.165, 1.54) is 11.0 Å². The van der Waals surface area contributed by atoms with Crippen molar-refractivity contribution in [3.8, 4) is 11.5 Å². The number of phenolic OH excluding ortho intramolecular Hbond substituents is 1. The lowest BCUT2D eigenvalue weighted by Gasteiger charge is -2.29. The number of nitrogens with one attached hydrogen (secondary N) is 1. The molecule has 0 aliphatic carbocycles. The first-order chi connectivity index (χ1) is 13.2. The molecule has 1 heterocycles. The van der Waals surface area contributed by atoms with Crippen LogP contribution in [-0.4, -0.2) is 41.0 Å². The van der Waals surface area contributed by atoms with Crippen LogP contribution in [0.1, 0.15) is 48.3 Å². The Hall–Kier alpha value is -3.02. The molecule has 0 saturated heterocycles. The summed E-state index contributed by atoms with van der Waals surface area (Å²) in [5, 5.41) is 13.3. The van der Waals surface area contributed by atoms with Gasteiger partial charge in [0, 0.05) is 23.2 Å². The van der Waals surface area contributed by atoms with E-state index in [0.717, 1.165) is 11.3 Å². The van der Waals surface area contributed by atoms with E-state index in [4.69, 9.17) is 4.74 Å². The lowest BCUT2D eigenvalue weighted by atomic mass is 10.0. The zero-order valence-electron chi connectivity index (χ0n) is 16.7. The molecule has 2 N–H and O–H groups in total. The normalized spacial score (nSPS) is 16.1. The molecule has 0 saturated carbocycles. The molecule has 2 amide bonds. The summed E-state index contributed by atoms with van der Waals surface area (Å²) < 4.78 is 5.17. The van der Waals surface area contributed by atoms with Gasteiger partial charge in [-0.15, -0.1) is 0 Å². The van der Waals surface area contributed by atoms with Crippen molar-refractivity contribution in [3.05, 3.63) is 59.2 Å². The van der Waals surface area contributed by atoms with Crippen LogP contribution in [0.4, 0.5) is 0 Å². The van der Waals surface area contributed by atoms with Gasteiger partial charge in [-0.25, -0.2) is 0 Å². The highest BCUT2D eigenvalue weighted by Crippen LogP contribution is 2.39. The fourth-order valence-electron chi connectivity index (χ4n) is 3.44. The zero-order chi connectivity index (χ0) is 20.5. The Bertz CT molecular complexity index is 884. The van der Waals surface area contributed by atoms with Gasteiger partial charge < -0.3 is 20.1 Å². The van der Waals surface area contributed by atoms with E-state index < -0.39 is 11.6 Å². The van der Waals surface area contributed by atoms with Gasteiger partial charge in [0.15, 0.2) is 0 Å². The second kappa shape index (κ2) is 7.54. The van der Waals surface area contributed by atoms with Crippen LogP contribution in [-0.2, 0) is 11.2 Å². The van der Waals surface area contributed by atoms with Crippen molar-refractivity contribution in [2.75, 3.05) is 13.7 Å². The molecule has 0 aromatic heterocycles. The van der Waals surface area contributed by atoms with Crippen molar-refractivity contribution < 1.29 is 19.4 Å². The first-order valence-electron chi connectivity index (χ1n) is 9.29. The van der Waals surface area contributed by atoms with E-state index >= 15 is 0 Å². The smallest absolute Gasteiger partial charge is 0.255 e. The largest absolute Gasteiger partial charge is 0.508 e. The number of carbonyl (C=O) groups excluding carboxylic acids is 2. The van der Waals surface area contributed by atoms with Gasteiger partial charge in [-0.3, -0.25) is 9.59 Å². The third kappa shape index (κ3) is 3.96. The maximum Gasteiger partial charge on any atom is 0.255 e. The molecule has 2 aromatic rings. The summed E-state index contributed by atoms with van der Waals surface area (Å²) >= 11 is 0. The fraction of sp³-hybridized carbons (Fsp3) is 0.364. The summed E-state index contributed by atoms with van der Waals surface area (Å²) in [5.41, 5.74) is 1.34. The summed E-state index contributed by atoms with van der Waals surface area (Å²) in [5.74, 6) is 0.192. The SMILES string of the molecule is COc1ccc(CCN2C(=O)c3cccc(O)c3C2C(=O)NC(C)(C)C)cc1. The summed E-state index contributed by atoms with van der Waals surface area (Å²) in [7, 11) is 1.61. The number of phenols is 1. The molecule has 1 atom stereocenters. The number of methoxy groups -OCH3 is 1. The predicted octanol–water partition coefficient (Wildman–Crippen LogP) is 3.06. The highest BCUT2D eigenvalue weighted by Gasteiger charge is 2.43. The Morgan fingerprint density at radius 2 is 1.86 bits per heavy atom. The van der Waals surface area contributed by atoms with Crippen LogP contribution in [0, 0.1) is 0 Å². The predicted molar refractivity (Wildman–Crippen MR) is 106 cm³/mol. The van der Waals surface area contributed by atoms with E-state index in [9.17, 15) is 14.7 Å². The van der Waals surface area contributed by atoms with Crippen LogP contribution >= 0.6 is 0 Å². The molecule has 0 bridgehead atoms. The zero-order valence-corrected chi connectivity index (χ0v) is 16.7. The van der Waals surface area contributed by atoms with E-state index in [-0.39, 0.29) is 17.6 Å². The lowest BCUT2D eigenvalue weighted by molar-refractivity contribution is -0.127. The first kappa shape index (κ1) is 19.7. The van der Waals surface area contributed by atoms with Gasteiger partial charge in [0.1, 0.15) is 17.5 Å². The van der Waals surface area contributed by atoms with Crippen molar-refractivity contribution in [1.82, 2.24) is 10.2 Å². The van der Waals surface area contributed by atoms with Crippen LogP contribution < -0.4 is 10.1 Å². The van der Waals surface area contributed by atoms with Crippen molar-refractivity contribution in [2.45, 2.75) is 38.8 Å². The highest BCUT2D eigenvalue weighted by atomic mass is 16.5. The van der Waals surface area contributed by atoms with E-state index in [2.05, 4.69) is 5.32 Å². The van der Waals surface area contributed by atoms with Gasteiger partial charge in [0.05, 0.1) is 7.11 Å². The van der Waals surface area contributed by atoms with Gasteiger partial charge in [0.25, 0.3) is 5.91 Å². The summed E-state index contributed by atoms with van der Waals surface area (Å²) in [6, 6.07) is 11.6. The molecular formula is C22H26N2O4. The van der Waals surface area contributed by atoms with Crippen molar-refractivity contribution in [1.29, 1.82) is 0 Å². The topological polar surface area (TPSA) is 78.9 Å². The molecule has 1 unspecified atom stereocenters. The number of fused-ring (bicyclic) bond motifs is 1. The Morgan fingerprint density at radius 1 is 1.18 bits per heavy atom. The number of carbonyl (C=O) groups is 2.